The third kappa shape index (κ3) is 3.28. The molecule has 0 N–H and O–H groups in total. The highest BCUT2D eigenvalue weighted by Crippen LogP contribution is 2.26. The second kappa shape index (κ2) is 7.18. The number of nitriles is 1. The van der Waals surface area contributed by atoms with Gasteiger partial charge in [-0.05, 0) is 43.2 Å². The Kier molecular flexibility index (Phi) is 4.59. The third-order valence-electron chi connectivity index (χ3n) is 4.38. The van der Waals surface area contributed by atoms with Crippen molar-refractivity contribution in [2.24, 2.45) is 0 Å². The summed E-state index contributed by atoms with van der Waals surface area (Å²) < 4.78 is 15.1. The summed E-state index contributed by atoms with van der Waals surface area (Å²) in [6, 6.07) is 8.46. The number of thiazole rings is 1. The van der Waals surface area contributed by atoms with Gasteiger partial charge in [0.25, 0.3) is 0 Å². The summed E-state index contributed by atoms with van der Waals surface area (Å²) >= 11 is 1.46. The van der Waals surface area contributed by atoms with Crippen LogP contribution in [0.2, 0.25) is 0 Å². The number of benzene rings is 1. The van der Waals surface area contributed by atoms with Gasteiger partial charge in [0.15, 0.2) is 5.82 Å². The average molecular weight is 365 g/mol. The summed E-state index contributed by atoms with van der Waals surface area (Å²) in [7, 11) is 0. The minimum Gasteiger partial charge on any atom is -0.310 e. The van der Waals surface area contributed by atoms with Gasteiger partial charge >= 0.3 is 0 Å². The van der Waals surface area contributed by atoms with Crippen molar-refractivity contribution in [3.8, 4) is 16.6 Å². The molecular formula is C19H16FN5S. The molecule has 130 valence electrons. The third-order valence-corrected chi connectivity index (χ3v) is 5.29. The lowest BCUT2D eigenvalue weighted by Crippen LogP contribution is -2.05. The van der Waals surface area contributed by atoms with E-state index in [1.807, 2.05) is 5.38 Å². The largest absolute Gasteiger partial charge is 0.310 e. The Hall–Kier alpha value is -2.85. The average Bonchev–Trinajstić information content (AvgIpc) is 3.21. The number of aromatic nitrogens is 4. The predicted molar refractivity (Wildman–Crippen MR) is 98.6 cm³/mol. The first-order valence-electron chi connectivity index (χ1n) is 8.50. The molecule has 0 amide bonds. The van der Waals surface area contributed by atoms with E-state index >= 15 is 0 Å². The van der Waals surface area contributed by atoms with Crippen molar-refractivity contribution in [2.75, 3.05) is 0 Å². The van der Waals surface area contributed by atoms with Gasteiger partial charge in [-0.1, -0.05) is 6.42 Å². The van der Waals surface area contributed by atoms with Gasteiger partial charge < -0.3 is 4.57 Å². The Balaban J connectivity index is 1.66. The van der Waals surface area contributed by atoms with Crippen LogP contribution in [0.25, 0.3) is 22.2 Å². The van der Waals surface area contributed by atoms with Crippen LogP contribution >= 0.6 is 11.3 Å². The van der Waals surface area contributed by atoms with E-state index in [1.165, 1.54) is 29.9 Å². The molecule has 0 radical (unpaired) electrons. The number of nitrogens with zero attached hydrogens (tertiary/aromatic N) is 5. The fourth-order valence-corrected chi connectivity index (χ4v) is 3.84. The van der Waals surface area contributed by atoms with E-state index in [-0.39, 0.29) is 5.82 Å². The number of allylic oxidation sites excluding steroid dienone is 1. The monoisotopic (exact) mass is 365 g/mol. The Morgan fingerprint density at radius 1 is 1.19 bits per heavy atom. The van der Waals surface area contributed by atoms with Crippen LogP contribution in [0.3, 0.4) is 0 Å². The topological polar surface area (TPSA) is 67.4 Å². The van der Waals surface area contributed by atoms with Gasteiger partial charge in [0.05, 0.1) is 11.3 Å². The van der Waals surface area contributed by atoms with Crippen LogP contribution in [0.5, 0.6) is 0 Å². The highest BCUT2D eigenvalue weighted by molar-refractivity contribution is 7.13. The minimum atomic E-state index is -0.273. The number of rotatable bonds is 3. The Labute approximate surface area is 154 Å². The maximum atomic E-state index is 13.1. The van der Waals surface area contributed by atoms with Gasteiger partial charge in [-0.25, -0.2) is 9.37 Å². The molecule has 1 aliphatic rings. The summed E-state index contributed by atoms with van der Waals surface area (Å²) in [4.78, 5) is 4.55. The first kappa shape index (κ1) is 16.6. The molecule has 7 heteroatoms. The second-order valence-corrected chi connectivity index (χ2v) is 7.01. The van der Waals surface area contributed by atoms with E-state index in [1.54, 1.807) is 18.2 Å². The van der Waals surface area contributed by atoms with Crippen molar-refractivity contribution in [3.63, 3.8) is 0 Å². The molecule has 0 fully saturated rings. The molecular weight excluding hydrogens is 349 g/mol. The van der Waals surface area contributed by atoms with E-state index < -0.39 is 0 Å². The van der Waals surface area contributed by atoms with Crippen molar-refractivity contribution in [1.29, 1.82) is 5.26 Å². The molecule has 0 saturated carbocycles. The SMILES string of the molecule is N#CC(=Cc1csc(-c2ccc(F)cc2)n1)c1nnc2n1CCCCC2. The number of hydrogen-bond acceptors (Lipinski definition) is 5. The molecule has 5 nitrogen and oxygen atoms in total. The molecule has 26 heavy (non-hydrogen) atoms. The Morgan fingerprint density at radius 3 is 2.85 bits per heavy atom. The van der Waals surface area contributed by atoms with Gasteiger partial charge in [0.1, 0.15) is 22.7 Å². The quantitative estimate of drug-likeness (QED) is 0.648. The molecule has 0 spiro atoms. The molecule has 0 bridgehead atoms. The van der Waals surface area contributed by atoms with E-state index in [2.05, 4.69) is 25.8 Å². The van der Waals surface area contributed by atoms with Crippen LogP contribution in [0.4, 0.5) is 4.39 Å². The fourth-order valence-electron chi connectivity index (χ4n) is 3.06. The van der Waals surface area contributed by atoms with E-state index in [0.717, 1.165) is 42.2 Å². The van der Waals surface area contributed by atoms with Crippen molar-refractivity contribution >= 4 is 23.0 Å². The van der Waals surface area contributed by atoms with Crippen molar-refractivity contribution in [3.05, 3.63) is 52.8 Å². The Morgan fingerprint density at radius 2 is 2.04 bits per heavy atom. The molecule has 0 unspecified atom stereocenters. The van der Waals surface area contributed by atoms with Gasteiger partial charge in [-0.2, -0.15) is 5.26 Å². The van der Waals surface area contributed by atoms with E-state index in [0.29, 0.717) is 17.1 Å². The summed E-state index contributed by atoms with van der Waals surface area (Å²) in [5.74, 6) is 1.29. The van der Waals surface area contributed by atoms with E-state index in [9.17, 15) is 9.65 Å². The van der Waals surface area contributed by atoms with Gasteiger partial charge in [0, 0.05) is 23.9 Å². The highest BCUT2D eigenvalue weighted by Gasteiger charge is 2.18. The van der Waals surface area contributed by atoms with Crippen LogP contribution in [-0.2, 0) is 13.0 Å². The van der Waals surface area contributed by atoms with Gasteiger partial charge in [-0.3, -0.25) is 0 Å². The van der Waals surface area contributed by atoms with E-state index in [4.69, 9.17) is 0 Å². The maximum Gasteiger partial charge on any atom is 0.174 e. The standard InChI is InChI=1S/C19H16FN5S/c20-15-7-5-13(6-8-15)19-22-16(12-26-19)10-14(11-21)18-24-23-17-4-2-1-3-9-25(17)18/h5-8,10,12H,1-4,9H2. The summed E-state index contributed by atoms with van der Waals surface area (Å²) in [5.41, 5.74) is 2.00. The first-order chi connectivity index (χ1) is 12.7. The van der Waals surface area contributed by atoms with Crippen LogP contribution in [0.1, 0.15) is 36.6 Å². The molecule has 0 saturated heterocycles. The molecule has 2 aromatic heterocycles. The van der Waals surface area contributed by atoms with Gasteiger partial charge in [0.2, 0.25) is 0 Å². The zero-order valence-electron chi connectivity index (χ0n) is 14.0. The predicted octanol–water partition coefficient (Wildman–Crippen LogP) is 4.33. The molecule has 0 atom stereocenters. The summed E-state index contributed by atoms with van der Waals surface area (Å²) in [5, 5.41) is 20.8. The fraction of sp³-hybridized carbons (Fsp3) is 0.263. The molecule has 0 aliphatic carbocycles. The number of halogens is 1. The first-order valence-corrected chi connectivity index (χ1v) is 9.38. The number of hydrogen-bond donors (Lipinski definition) is 0. The molecule has 3 aromatic rings. The lowest BCUT2D eigenvalue weighted by atomic mass is 10.2. The second-order valence-electron chi connectivity index (χ2n) is 6.16. The van der Waals surface area contributed by atoms with Gasteiger partial charge in [-0.15, -0.1) is 21.5 Å². The lowest BCUT2D eigenvalue weighted by molar-refractivity contribution is 0.627. The molecule has 3 heterocycles. The minimum absolute atomic E-state index is 0.273. The molecule has 4 rings (SSSR count). The van der Waals surface area contributed by atoms with Crippen LogP contribution in [-0.4, -0.2) is 19.7 Å². The number of aryl methyl sites for hydroxylation is 1. The maximum absolute atomic E-state index is 13.1. The smallest absolute Gasteiger partial charge is 0.174 e. The summed E-state index contributed by atoms with van der Waals surface area (Å²) in [6.45, 7) is 0.842. The van der Waals surface area contributed by atoms with Crippen LogP contribution in [0.15, 0.2) is 29.6 Å². The zero-order chi connectivity index (χ0) is 17.9. The summed E-state index contributed by atoms with van der Waals surface area (Å²) in [6.07, 6.45) is 5.99. The zero-order valence-corrected chi connectivity index (χ0v) is 14.8. The normalized spacial score (nSPS) is 14.5. The van der Waals surface area contributed by atoms with Crippen molar-refractivity contribution in [2.45, 2.75) is 32.2 Å². The van der Waals surface area contributed by atoms with Crippen LogP contribution in [0, 0.1) is 17.1 Å². The van der Waals surface area contributed by atoms with Crippen molar-refractivity contribution in [1.82, 2.24) is 19.7 Å². The molecule has 1 aromatic carbocycles. The van der Waals surface area contributed by atoms with Crippen LogP contribution < -0.4 is 0 Å². The molecule has 1 aliphatic heterocycles. The van der Waals surface area contributed by atoms with Crippen molar-refractivity contribution < 1.29 is 4.39 Å². The highest BCUT2D eigenvalue weighted by atomic mass is 32.1. The lowest BCUT2D eigenvalue weighted by Gasteiger charge is -2.05. The number of fused-ring (bicyclic) bond motifs is 1. The Bertz CT molecular complexity index is 994.